The van der Waals surface area contributed by atoms with E-state index in [1.807, 2.05) is 6.92 Å². The molecule has 0 aliphatic carbocycles. The van der Waals surface area contributed by atoms with Crippen molar-refractivity contribution in [3.8, 4) is 0 Å². The summed E-state index contributed by atoms with van der Waals surface area (Å²) in [7, 11) is -1.30. The van der Waals surface area contributed by atoms with Gasteiger partial charge in [-0.2, -0.15) is 4.31 Å². The molecule has 0 spiro atoms. The lowest BCUT2D eigenvalue weighted by Crippen LogP contribution is -2.54. The summed E-state index contributed by atoms with van der Waals surface area (Å²) in [6.45, 7) is 10.8. The lowest BCUT2D eigenvalue weighted by molar-refractivity contribution is 0.257. The van der Waals surface area contributed by atoms with Gasteiger partial charge in [0.1, 0.15) is 12.0 Å². The van der Waals surface area contributed by atoms with E-state index in [1.54, 1.807) is 6.07 Å². The van der Waals surface area contributed by atoms with Crippen LogP contribution in [-0.4, -0.2) is 92.5 Å². The fourth-order valence-electron chi connectivity index (χ4n) is 2.77. The molecule has 2 heterocycles. The maximum atomic E-state index is 12.5. The van der Waals surface area contributed by atoms with Crippen molar-refractivity contribution in [1.29, 1.82) is 0 Å². The van der Waals surface area contributed by atoms with E-state index >= 15 is 0 Å². The van der Waals surface area contributed by atoms with Crippen LogP contribution in [0.3, 0.4) is 0 Å². The Morgan fingerprint density at radius 2 is 2.04 bits per heavy atom. The Hall–Kier alpha value is -0.920. The van der Waals surface area contributed by atoms with Gasteiger partial charge < -0.3 is 19.6 Å². The molecule has 1 N–H and O–H groups in total. The van der Waals surface area contributed by atoms with Crippen LogP contribution >= 0.6 is 24.0 Å². The molecule has 1 saturated heterocycles. The Kier molecular flexibility index (Phi) is 10.7. The minimum Gasteiger partial charge on any atom is -0.364 e. The topological polar surface area (TPSA) is 94.3 Å². The average molecular weight is 528 g/mol. The summed E-state index contributed by atoms with van der Waals surface area (Å²) in [6.07, 6.45) is 1.39. The molecule has 0 aromatic carbocycles. The molecule has 0 atom stereocenters. The first-order chi connectivity index (χ1) is 12.8. The molecule has 1 fully saturated rings. The Balaban J connectivity index is 0.00000392. The highest BCUT2D eigenvalue weighted by Gasteiger charge is 2.28. The number of aliphatic imine (C=N–C) groups is 1. The van der Waals surface area contributed by atoms with Crippen LogP contribution in [0.2, 0.25) is 0 Å². The van der Waals surface area contributed by atoms with Crippen molar-refractivity contribution in [3.63, 3.8) is 0 Å². The molecular formula is C17H33IN6O3S. The van der Waals surface area contributed by atoms with Crippen molar-refractivity contribution in [2.45, 2.75) is 32.6 Å². The summed E-state index contributed by atoms with van der Waals surface area (Å²) >= 11 is 0. The van der Waals surface area contributed by atoms with Crippen LogP contribution in [0.25, 0.3) is 0 Å². The second-order valence-corrected chi connectivity index (χ2v) is 8.91. The van der Waals surface area contributed by atoms with Crippen LogP contribution in [0.1, 0.15) is 26.5 Å². The van der Waals surface area contributed by atoms with Crippen molar-refractivity contribution in [2.24, 2.45) is 4.99 Å². The molecule has 2 rings (SSSR count). The van der Waals surface area contributed by atoms with Crippen molar-refractivity contribution in [3.05, 3.63) is 18.0 Å². The minimum absolute atomic E-state index is 0. The highest BCUT2D eigenvalue weighted by Crippen LogP contribution is 2.13. The van der Waals surface area contributed by atoms with Gasteiger partial charge in [0.25, 0.3) is 0 Å². The van der Waals surface area contributed by atoms with Gasteiger partial charge in [0.15, 0.2) is 5.96 Å². The lowest BCUT2D eigenvalue weighted by Gasteiger charge is -2.35. The van der Waals surface area contributed by atoms with E-state index in [0.29, 0.717) is 44.5 Å². The van der Waals surface area contributed by atoms with Crippen molar-refractivity contribution >= 4 is 40.0 Å². The van der Waals surface area contributed by atoms with Gasteiger partial charge in [-0.3, -0.25) is 4.99 Å². The molecular weight excluding hydrogens is 495 g/mol. The van der Waals surface area contributed by atoms with E-state index in [1.165, 1.54) is 10.6 Å². The number of sulfonamides is 1. The number of piperazine rings is 1. The number of halogens is 1. The van der Waals surface area contributed by atoms with Gasteiger partial charge in [-0.25, -0.2) is 8.42 Å². The predicted molar refractivity (Wildman–Crippen MR) is 121 cm³/mol. The largest absolute Gasteiger partial charge is 0.364 e. The van der Waals surface area contributed by atoms with Crippen LogP contribution in [0, 0.1) is 0 Å². The highest BCUT2D eigenvalue weighted by molar-refractivity contribution is 14.0. The zero-order valence-corrected chi connectivity index (χ0v) is 20.3. The number of rotatable bonds is 8. The number of guanidine groups is 1. The van der Waals surface area contributed by atoms with Crippen LogP contribution in [0.15, 0.2) is 21.8 Å². The van der Waals surface area contributed by atoms with Gasteiger partial charge in [-0.1, -0.05) is 5.16 Å². The summed E-state index contributed by atoms with van der Waals surface area (Å²) < 4.78 is 31.3. The van der Waals surface area contributed by atoms with E-state index in [-0.39, 0.29) is 29.7 Å². The van der Waals surface area contributed by atoms with E-state index in [9.17, 15) is 8.42 Å². The van der Waals surface area contributed by atoms with E-state index in [4.69, 9.17) is 9.52 Å². The van der Waals surface area contributed by atoms with Gasteiger partial charge in [0.05, 0.1) is 12.2 Å². The first-order valence-electron chi connectivity index (χ1n) is 9.44. The number of hydrogen-bond acceptors (Lipinski definition) is 6. The zero-order chi connectivity index (χ0) is 19.9. The molecule has 1 aliphatic heterocycles. The predicted octanol–water partition coefficient (Wildman–Crippen LogP) is 1.05. The number of likely N-dealkylation sites (N-methyl/N-ethyl adjacent to an activating group) is 1. The second-order valence-electron chi connectivity index (χ2n) is 6.94. The third-order valence-electron chi connectivity index (χ3n) is 4.68. The fraction of sp³-hybridized carbons (Fsp3) is 0.765. The SMILES string of the molecule is CCNC(=NCCN(C)C(C)C)N1CCN(S(=O)(=O)Cc2ccon2)CC1.I. The zero-order valence-electron chi connectivity index (χ0n) is 17.2. The Morgan fingerprint density at radius 3 is 2.57 bits per heavy atom. The maximum Gasteiger partial charge on any atom is 0.220 e. The van der Waals surface area contributed by atoms with Gasteiger partial charge in [0.2, 0.25) is 10.0 Å². The van der Waals surface area contributed by atoms with Crippen LogP contribution in [0.4, 0.5) is 0 Å². The molecule has 28 heavy (non-hydrogen) atoms. The van der Waals surface area contributed by atoms with Gasteiger partial charge in [-0.05, 0) is 27.8 Å². The molecule has 0 bridgehead atoms. The normalized spacial score (nSPS) is 16.5. The second kappa shape index (κ2) is 11.9. The van der Waals surface area contributed by atoms with Crippen molar-refractivity contribution in [1.82, 2.24) is 24.6 Å². The molecule has 0 radical (unpaired) electrons. The molecule has 0 unspecified atom stereocenters. The summed E-state index contributed by atoms with van der Waals surface area (Å²) in [5.74, 6) is 0.724. The standard InChI is InChI=1S/C17H32N6O3S.HI/c1-5-18-17(19-7-8-21(4)15(2)3)22-9-11-23(12-10-22)27(24,25)14-16-6-13-26-20-16;/h6,13,15H,5,7-12,14H2,1-4H3,(H,18,19);1H. The molecule has 1 aromatic heterocycles. The quantitative estimate of drug-likeness (QED) is 0.306. The number of aromatic nitrogens is 1. The minimum atomic E-state index is -3.39. The molecule has 162 valence electrons. The van der Waals surface area contributed by atoms with Crippen LogP contribution < -0.4 is 5.32 Å². The van der Waals surface area contributed by atoms with E-state index < -0.39 is 10.0 Å². The van der Waals surface area contributed by atoms with Crippen LogP contribution in [-0.2, 0) is 15.8 Å². The maximum absolute atomic E-state index is 12.5. The smallest absolute Gasteiger partial charge is 0.220 e. The van der Waals surface area contributed by atoms with Gasteiger partial charge >= 0.3 is 0 Å². The molecule has 0 amide bonds. The lowest BCUT2D eigenvalue weighted by atomic mass is 10.3. The number of nitrogens with zero attached hydrogens (tertiary/aromatic N) is 5. The first-order valence-corrected chi connectivity index (χ1v) is 11.0. The monoisotopic (exact) mass is 528 g/mol. The third kappa shape index (κ3) is 7.48. The van der Waals surface area contributed by atoms with E-state index in [0.717, 1.165) is 19.0 Å². The average Bonchev–Trinajstić information content (AvgIpc) is 3.13. The highest BCUT2D eigenvalue weighted by atomic mass is 127. The van der Waals surface area contributed by atoms with Gasteiger partial charge in [-0.15, -0.1) is 24.0 Å². The number of hydrogen-bond donors (Lipinski definition) is 1. The molecule has 0 saturated carbocycles. The Labute approximate surface area is 185 Å². The van der Waals surface area contributed by atoms with E-state index in [2.05, 4.69) is 41.2 Å². The molecule has 1 aromatic rings. The number of nitrogens with one attached hydrogen (secondary N) is 1. The molecule has 1 aliphatic rings. The van der Waals surface area contributed by atoms with Crippen molar-refractivity contribution < 1.29 is 12.9 Å². The summed E-state index contributed by atoms with van der Waals surface area (Å²) in [6, 6.07) is 2.07. The van der Waals surface area contributed by atoms with Crippen LogP contribution in [0.5, 0.6) is 0 Å². The fourth-order valence-corrected chi connectivity index (χ4v) is 4.19. The Morgan fingerprint density at radius 1 is 1.36 bits per heavy atom. The summed E-state index contributed by atoms with van der Waals surface area (Å²) in [5, 5.41) is 7.01. The van der Waals surface area contributed by atoms with Gasteiger partial charge in [0, 0.05) is 51.4 Å². The third-order valence-corrected chi connectivity index (χ3v) is 6.50. The summed E-state index contributed by atoms with van der Waals surface area (Å²) in [5.41, 5.74) is 0.432. The Bertz CT molecular complexity index is 688. The molecule has 9 nitrogen and oxygen atoms in total. The van der Waals surface area contributed by atoms with Crippen molar-refractivity contribution in [2.75, 3.05) is 52.9 Å². The molecule has 11 heteroatoms. The first kappa shape index (κ1) is 25.1. The summed E-state index contributed by atoms with van der Waals surface area (Å²) in [4.78, 5) is 9.08.